The van der Waals surface area contributed by atoms with Crippen LogP contribution in [0.4, 0.5) is 0 Å². The second-order valence-electron chi connectivity index (χ2n) is 5.14. The number of hydrazine groups is 1. The molecule has 3 heterocycles. The van der Waals surface area contributed by atoms with Crippen molar-refractivity contribution in [2.24, 2.45) is 0 Å². The van der Waals surface area contributed by atoms with Crippen molar-refractivity contribution in [2.75, 3.05) is 0 Å². The number of hydrogen-bond donors (Lipinski definition) is 2. The van der Waals surface area contributed by atoms with Crippen LogP contribution >= 0.6 is 0 Å². The van der Waals surface area contributed by atoms with Gasteiger partial charge in [0, 0.05) is 18.5 Å². The lowest BCUT2D eigenvalue weighted by Gasteiger charge is -2.09. The molecule has 24 heavy (non-hydrogen) atoms. The first-order valence-corrected chi connectivity index (χ1v) is 7.24. The number of aromatic nitrogens is 3. The standard InChI is InChI=1S/C16H15N5O3/c1-11-15(21-9-5-2-6-12(21)17-11)16(24)19-18-13(22)10-20-8-4-3-7-14(20)23/h2-9H,10H2,1H3,(H,18,22)(H,19,24). The van der Waals surface area contributed by atoms with Crippen molar-refractivity contribution < 1.29 is 9.59 Å². The fourth-order valence-electron chi connectivity index (χ4n) is 2.36. The maximum Gasteiger partial charge on any atom is 0.288 e. The summed E-state index contributed by atoms with van der Waals surface area (Å²) >= 11 is 0. The van der Waals surface area contributed by atoms with Crippen LogP contribution < -0.4 is 16.4 Å². The highest BCUT2D eigenvalue weighted by Crippen LogP contribution is 2.11. The molecule has 8 nitrogen and oxygen atoms in total. The van der Waals surface area contributed by atoms with Crippen LogP contribution in [-0.2, 0) is 11.3 Å². The van der Waals surface area contributed by atoms with Crippen molar-refractivity contribution >= 4 is 17.5 Å². The van der Waals surface area contributed by atoms with Gasteiger partial charge in [0.15, 0.2) is 0 Å². The Balaban J connectivity index is 1.69. The molecule has 0 unspecified atom stereocenters. The molecule has 122 valence electrons. The van der Waals surface area contributed by atoms with Gasteiger partial charge in [0.05, 0.1) is 5.69 Å². The summed E-state index contributed by atoms with van der Waals surface area (Å²) in [5, 5.41) is 0. The molecule has 3 aromatic heterocycles. The fourth-order valence-corrected chi connectivity index (χ4v) is 2.36. The molecule has 0 radical (unpaired) electrons. The summed E-state index contributed by atoms with van der Waals surface area (Å²) in [4.78, 5) is 40.0. The largest absolute Gasteiger partial charge is 0.306 e. The van der Waals surface area contributed by atoms with Gasteiger partial charge in [-0.15, -0.1) is 0 Å². The number of imidazole rings is 1. The Bertz CT molecular complexity index is 973. The van der Waals surface area contributed by atoms with Crippen molar-refractivity contribution in [1.29, 1.82) is 0 Å². The minimum absolute atomic E-state index is 0.188. The van der Waals surface area contributed by atoms with Gasteiger partial charge in [-0.1, -0.05) is 12.1 Å². The molecule has 3 aromatic rings. The topological polar surface area (TPSA) is 97.5 Å². The molecule has 0 aliphatic rings. The first kappa shape index (κ1) is 15.5. The third-order valence-corrected chi connectivity index (χ3v) is 3.45. The second kappa shape index (κ2) is 6.37. The number of aryl methyl sites for hydroxylation is 1. The number of amides is 2. The van der Waals surface area contributed by atoms with Crippen LogP contribution in [0.3, 0.4) is 0 Å². The average Bonchev–Trinajstić information content (AvgIpc) is 2.90. The van der Waals surface area contributed by atoms with E-state index in [1.54, 1.807) is 41.8 Å². The fraction of sp³-hybridized carbons (Fsp3) is 0.125. The number of carbonyl (C=O) groups is 2. The molecule has 0 bridgehead atoms. The summed E-state index contributed by atoms with van der Waals surface area (Å²) < 4.78 is 2.87. The summed E-state index contributed by atoms with van der Waals surface area (Å²) in [5.41, 5.74) is 5.87. The van der Waals surface area contributed by atoms with Crippen molar-refractivity contribution in [3.8, 4) is 0 Å². The molecule has 0 atom stereocenters. The summed E-state index contributed by atoms with van der Waals surface area (Å²) in [5.74, 6) is -0.997. The summed E-state index contributed by atoms with van der Waals surface area (Å²) in [6.07, 6.45) is 3.22. The molecule has 8 heteroatoms. The molecule has 2 N–H and O–H groups in total. The minimum atomic E-state index is -0.511. The predicted molar refractivity (Wildman–Crippen MR) is 86.2 cm³/mol. The Morgan fingerprint density at radius 3 is 2.62 bits per heavy atom. The third-order valence-electron chi connectivity index (χ3n) is 3.45. The number of hydrogen-bond acceptors (Lipinski definition) is 4. The van der Waals surface area contributed by atoms with Gasteiger partial charge >= 0.3 is 0 Å². The third kappa shape index (κ3) is 3.02. The van der Waals surface area contributed by atoms with Crippen LogP contribution in [-0.4, -0.2) is 25.8 Å². The number of nitrogens with zero attached hydrogens (tertiary/aromatic N) is 3. The van der Waals surface area contributed by atoms with E-state index in [1.165, 1.54) is 16.8 Å². The lowest BCUT2D eigenvalue weighted by atomic mass is 10.3. The van der Waals surface area contributed by atoms with Gasteiger partial charge < -0.3 is 4.57 Å². The Morgan fingerprint density at radius 1 is 1.08 bits per heavy atom. The molecule has 2 amide bonds. The normalized spacial score (nSPS) is 10.5. The van der Waals surface area contributed by atoms with E-state index >= 15 is 0 Å². The zero-order valence-corrected chi connectivity index (χ0v) is 12.9. The molecule has 0 aromatic carbocycles. The molecule has 3 rings (SSSR count). The van der Waals surface area contributed by atoms with Crippen LogP contribution in [0.2, 0.25) is 0 Å². The predicted octanol–water partition coefficient (Wildman–Crippen LogP) is 0.266. The summed E-state index contributed by atoms with van der Waals surface area (Å²) in [7, 11) is 0. The molecule has 0 spiro atoms. The van der Waals surface area contributed by atoms with Gasteiger partial charge in [0.1, 0.15) is 17.9 Å². The van der Waals surface area contributed by atoms with E-state index in [9.17, 15) is 14.4 Å². The maximum absolute atomic E-state index is 12.3. The number of rotatable bonds is 3. The summed E-state index contributed by atoms with van der Waals surface area (Å²) in [6, 6.07) is 9.98. The van der Waals surface area contributed by atoms with Gasteiger partial charge in [-0.25, -0.2) is 4.98 Å². The zero-order valence-electron chi connectivity index (χ0n) is 12.9. The Hall–Kier alpha value is -3.42. The molecule has 0 aliphatic carbocycles. The lowest BCUT2D eigenvalue weighted by Crippen LogP contribution is -2.44. The molecular weight excluding hydrogens is 310 g/mol. The van der Waals surface area contributed by atoms with E-state index in [1.807, 2.05) is 6.07 Å². The Labute approximate surface area is 136 Å². The van der Waals surface area contributed by atoms with Gasteiger partial charge in [0.2, 0.25) is 0 Å². The van der Waals surface area contributed by atoms with Crippen LogP contribution in [0.5, 0.6) is 0 Å². The van der Waals surface area contributed by atoms with Crippen LogP contribution in [0.25, 0.3) is 5.65 Å². The van der Waals surface area contributed by atoms with Gasteiger partial charge in [0.25, 0.3) is 17.4 Å². The monoisotopic (exact) mass is 325 g/mol. The quantitative estimate of drug-likeness (QED) is 0.675. The number of fused-ring (bicyclic) bond motifs is 1. The van der Waals surface area contributed by atoms with Crippen molar-refractivity contribution in [2.45, 2.75) is 13.5 Å². The van der Waals surface area contributed by atoms with E-state index in [-0.39, 0.29) is 12.1 Å². The molecule has 0 aliphatic heterocycles. The van der Waals surface area contributed by atoms with Crippen molar-refractivity contribution in [3.05, 3.63) is 70.5 Å². The van der Waals surface area contributed by atoms with Crippen LogP contribution in [0.15, 0.2) is 53.6 Å². The second-order valence-corrected chi connectivity index (χ2v) is 5.14. The Morgan fingerprint density at radius 2 is 1.83 bits per heavy atom. The van der Waals surface area contributed by atoms with Crippen LogP contribution in [0, 0.1) is 6.92 Å². The van der Waals surface area contributed by atoms with E-state index < -0.39 is 11.8 Å². The zero-order chi connectivity index (χ0) is 17.1. The highest BCUT2D eigenvalue weighted by molar-refractivity contribution is 5.95. The molecule has 0 saturated carbocycles. The highest BCUT2D eigenvalue weighted by atomic mass is 16.2. The highest BCUT2D eigenvalue weighted by Gasteiger charge is 2.16. The van der Waals surface area contributed by atoms with Crippen molar-refractivity contribution in [1.82, 2.24) is 24.8 Å². The first-order valence-electron chi connectivity index (χ1n) is 7.24. The van der Waals surface area contributed by atoms with E-state index in [0.29, 0.717) is 17.0 Å². The van der Waals surface area contributed by atoms with E-state index in [2.05, 4.69) is 15.8 Å². The van der Waals surface area contributed by atoms with Gasteiger partial charge in [-0.05, 0) is 25.1 Å². The number of pyridine rings is 2. The number of nitrogens with one attached hydrogen (secondary N) is 2. The van der Waals surface area contributed by atoms with E-state index in [4.69, 9.17) is 0 Å². The summed E-state index contributed by atoms with van der Waals surface area (Å²) in [6.45, 7) is 1.53. The average molecular weight is 325 g/mol. The van der Waals surface area contributed by atoms with Crippen LogP contribution in [0.1, 0.15) is 16.2 Å². The van der Waals surface area contributed by atoms with Gasteiger partial charge in [-0.3, -0.25) is 29.6 Å². The SMILES string of the molecule is Cc1nc2ccccn2c1C(=O)NNC(=O)Cn1ccccc1=O. The Kier molecular flexibility index (Phi) is 4.11. The molecule has 0 saturated heterocycles. The smallest absolute Gasteiger partial charge is 0.288 e. The van der Waals surface area contributed by atoms with Gasteiger partial charge in [-0.2, -0.15) is 0 Å². The first-order chi connectivity index (χ1) is 11.6. The number of carbonyl (C=O) groups excluding carboxylic acids is 2. The minimum Gasteiger partial charge on any atom is -0.306 e. The van der Waals surface area contributed by atoms with E-state index in [0.717, 1.165) is 0 Å². The molecule has 0 fully saturated rings. The maximum atomic E-state index is 12.3. The lowest BCUT2D eigenvalue weighted by molar-refractivity contribution is -0.122. The van der Waals surface area contributed by atoms with Crippen molar-refractivity contribution in [3.63, 3.8) is 0 Å². The molecular formula is C16H15N5O3.